The number of benzene rings is 1. The molecule has 1 aliphatic rings. The largest absolute Gasteiger partial charge is 0.275 e. The molecule has 0 aliphatic carbocycles. The Kier molecular flexibility index (Phi) is 4.18. The van der Waals surface area contributed by atoms with Gasteiger partial charge in [0.2, 0.25) is 0 Å². The lowest BCUT2D eigenvalue weighted by Gasteiger charge is -2.19. The summed E-state index contributed by atoms with van der Waals surface area (Å²) in [4.78, 5) is 24.9. The molecular formula is C17H19NO2. The standard InChI is InChI=1S/C17H19NO2/c1-12-10-13(2)15(14(3)11-12)7-8-17(20)18-9-5-4-6-16(18)19/h4,6-8,10-11H,5,9H2,1-3H3/b8-7+. The maximum atomic E-state index is 12.1. The van der Waals surface area contributed by atoms with Crippen LogP contribution in [0.1, 0.15) is 28.7 Å². The molecule has 3 nitrogen and oxygen atoms in total. The van der Waals surface area contributed by atoms with Gasteiger partial charge in [0.15, 0.2) is 0 Å². The number of hydrogen-bond donors (Lipinski definition) is 0. The topological polar surface area (TPSA) is 37.4 Å². The van der Waals surface area contributed by atoms with Crippen LogP contribution in [0.25, 0.3) is 6.08 Å². The number of rotatable bonds is 2. The molecule has 2 amide bonds. The molecule has 20 heavy (non-hydrogen) atoms. The summed E-state index contributed by atoms with van der Waals surface area (Å²) in [5.74, 6) is -0.484. The van der Waals surface area contributed by atoms with Gasteiger partial charge in [-0.25, -0.2) is 0 Å². The van der Waals surface area contributed by atoms with Crippen molar-refractivity contribution in [3.8, 4) is 0 Å². The minimum Gasteiger partial charge on any atom is -0.275 e. The van der Waals surface area contributed by atoms with E-state index in [0.29, 0.717) is 6.54 Å². The summed E-state index contributed by atoms with van der Waals surface area (Å²) in [5, 5.41) is 0. The van der Waals surface area contributed by atoms with Crippen LogP contribution < -0.4 is 0 Å². The molecule has 104 valence electrons. The quantitative estimate of drug-likeness (QED) is 0.774. The summed E-state index contributed by atoms with van der Waals surface area (Å²) in [6.45, 7) is 6.57. The molecule has 0 spiro atoms. The number of hydrogen-bond acceptors (Lipinski definition) is 2. The van der Waals surface area contributed by atoms with Crippen molar-refractivity contribution in [1.82, 2.24) is 4.90 Å². The monoisotopic (exact) mass is 269 g/mol. The molecule has 0 atom stereocenters. The molecule has 2 rings (SSSR count). The average Bonchev–Trinajstić information content (AvgIpc) is 2.37. The third kappa shape index (κ3) is 3.05. The molecule has 0 fully saturated rings. The zero-order valence-electron chi connectivity index (χ0n) is 12.1. The molecular weight excluding hydrogens is 250 g/mol. The molecule has 0 N–H and O–H groups in total. The molecule has 0 bridgehead atoms. The fourth-order valence-corrected chi connectivity index (χ4v) is 2.51. The van der Waals surface area contributed by atoms with Gasteiger partial charge in [-0.15, -0.1) is 0 Å². The third-order valence-corrected chi connectivity index (χ3v) is 3.44. The van der Waals surface area contributed by atoms with Crippen LogP contribution in [0, 0.1) is 20.8 Å². The van der Waals surface area contributed by atoms with Crippen LogP contribution in [-0.4, -0.2) is 23.3 Å². The van der Waals surface area contributed by atoms with Gasteiger partial charge in [0.25, 0.3) is 11.8 Å². The molecule has 0 unspecified atom stereocenters. The lowest BCUT2D eigenvalue weighted by molar-refractivity contribution is -0.139. The van der Waals surface area contributed by atoms with E-state index in [2.05, 4.69) is 19.1 Å². The van der Waals surface area contributed by atoms with Crippen molar-refractivity contribution in [2.24, 2.45) is 0 Å². The van der Waals surface area contributed by atoms with Crippen LogP contribution in [0.15, 0.2) is 30.4 Å². The van der Waals surface area contributed by atoms with Crippen LogP contribution in [-0.2, 0) is 9.59 Å². The van der Waals surface area contributed by atoms with Gasteiger partial charge in [0.05, 0.1) is 0 Å². The Balaban J connectivity index is 2.19. The number of aryl methyl sites for hydroxylation is 3. The summed E-state index contributed by atoms with van der Waals surface area (Å²) >= 11 is 0. The lowest BCUT2D eigenvalue weighted by atomic mass is 9.99. The molecule has 0 aromatic heterocycles. The Morgan fingerprint density at radius 3 is 2.45 bits per heavy atom. The summed E-state index contributed by atoms with van der Waals surface area (Å²) in [5.41, 5.74) is 4.52. The van der Waals surface area contributed by atoms with Crippen molar-refractivity contribution in [3.05, 3.63) is 52.6 Å². The number of nitrogens with zero attached hydrogens (tertiary/aromatic N) is 1. The predicted molar refractivity (Wildman–Crippen MR) is 80.2 cm³/mol. The highest BCUT2D eigenvalue weighted by molar-refractivity contribution is 6.07. The fourth-order valence-electron chi connectivity index (χ4n) is 2.51. The number of carbonyl (C=O) groups is 2. The molecule has 0 saturated carbocycles. The van der Waals surface area contributed by atoms with Gasteiger partial charge >= 0.3 is 0 Å². The van der Waals surface area contributed by atoms with Crippen molar-refractivity contribution in [2.45, 2.75) is 27.2 Å². The smallest absolute Gasteiger partial charge is 0.253 e. The van der Waals surface area contributed by atoms with Gasteiger partial charge in [0.1, 0.15) is 0 Å². The van der Waals surface area contributed by atoms with Crippen molar-refractivity contribution >= 4 is 17.9 Å². The molecule has 0 saturated heterocycles. The molecule has 1 aromatic carbocycles. The zero-order chi connectivity index (χ0) is 14.7. The Morgan fingerprint density at radius 1 is 1.20 bits per heavy atom. The lowest BCUT2D eigenvalue weighted by Crippen LogP contribution is -2.37. The Morgan fingerprint density at radius 2 is 1.85 bits per heavy atom. The number of carbonyl (C=O) groups excluding carboxylic acids is 2. The average molecular weight is 269 g/mol. The summed E-state index contributed by atoms with van der Waals surface area (Å²) in [6, 6.07) is 4.18. The van der Waals surface area contributed by atoms with E-state index in [1.54, 1.807) is 12.2 Å². The summed E-state index contributed by atoms with van der Waals surface area (Å²) in [7, 11) is 0. The number of amides is 2. The molecule has 1 aliphatic heterocycles. The van der Waals surface area contributed by atoms with Gasteiger partial charge in [-0.3, -0.25) is 14.5 Å². The zero-order valence-corrected chi connectivity index (χ0v) is 12.1. The predicted octanol–water partition coefficient (Wildman–Crippen LogP) is 2.94. The van der Waals surface area contributed by atoms with E-state index in [-0.39, 0.29) is 11.8 Å². The first-order valence-corrected chi connectivity index (χ1v) is 6.77. The molecule has 1 aromatic rings. The van der Waals surface area contributed by atoms with E-state index in [9.17, 15) is 9.59 Å². The fraction of sp³-hybridized carbons (Fsp3) is 0.294. The Bertz CT molecular complexity index is 588. The van der Waals surface area contributed by atoms with Gasteiger partial charge in [-0.2, -0.15) is 0 Å². The van der Waals surface area contributed by atoms with Crippen molar-refractivity contribution in [3.63, 3.8) is 0 Å². The van der Waals surface area contributed by atoms with Crippen molar-refractivity contribution < 1.29 is 9.59 Å². The van der Waals surface area contributed by atoms with E-state index in [1.807, 2.05) is 13.8 Å². The van der Waals surface area contributed by atoms with Crippen LogP contribution in [0.4, 0.5) is 0 Å². The third-order valence-electron chi connectivity index (χ3n) is 3.44. The Hall–Kier alpha value is -2.16. The van der Waals surface area contributed by atoms with E-state index >= 15 is 0 Å². The van der Waals surface area contributed by atoms with Crippen LogP contribution in [0.5, 0.6) is 0 Å². The second-order valence-corrected chi connectivity index (χ2v) is 5.16. The first kappa shape index (κ1) is 14.3. The van der Waals surface area contributed by atoms with E-state index in [0.717, 1.165) is 23.1 Å². The highest BCUT2D eigenvalue weighted by Gasteiger charge is 2.18. The SMILES string of the molecule is Cc1cc(C)c(/C=C/C(=O)N2CCC=CC2=O)c(C)c1. The highest BCUT2D eigenvalue weighted by Crippen LogP contribution is 2.18. The summed E-state index contributed by atoms with van der Waals surface area (Å²) in [6.07, 6.45) is 7.27. The van der Waals surface area contributed by atoms with Gasteiger partial charge in [-0.1, -0.05) is 23.8 Å². The maximum absolute atomic E-state index is 12.1. The minimum atomic E-state index is -0.251. The van der Waals surface area contributed by atoms with Crippen molar-refractivity contribution in [2.75, 3.05) is 6.54 Å². The molecule has 0 radical (unpaired) electrons. The van der Waals surface area contributed by atoms with Crippen LogP contribution in [0.2, 0.25) is 0 Å². The Labute approximate surface area is 119 Å². The second kappa shape index (κ2) is 5.87. The molecule has 1 heterocycles. The highest BCUT2D eigenvalue weighted by atomic mass is 16.2. The van der Waals surface area contributed by atoms with E-state index < -0.39 is 0 Å². The first-order chi connectivity index (χ1) is 9.49. The normalized spacial score (nSPS) is 15.2. The van der Waals surface area contributed by atoms with E-state index in [4.69, 9.17) is 0 Å². The number of imide groups is 1. The van der Waals surface area contributed by atoms with E-state index in [1.165, 1.54) is 22.6 Å². The van der Waals surface area contributed by atoms with Gasteiger partial charge in [0, 0.05) is 12.6 Å². The minimum absolute atomic E-state index is 0.233. The van der Waals surface area contributed by atoms with Crippen molar-refractivity contribution in [1.29, 1.82) is 0 Å². The van der Waals surface area contributed by atoms with Crippen LogP contribution in [0.3, 0.4) is 0 Å². The van der Waals surface area contributed by atoms with Gasteiger partial charge < -0.3 is 0 Å². The second-order valence-electron chi connectivity index (χ2n) is 5.16. The molecule has 3 heteroatoms. The first-order valence-electron chi connectivity index (χ1n) is 6.77. The van der Waals surface area contributed by atoms with Gasteiger partial charge in [-0.05, 0) is 56.0 Å². The van der Waals surface area contributed by atoms with Crippen LogP contribution >= 0.6 is 0 Å². The summed E-state index contributed by atoms with van der Waals surface area (Å²) < 4.78 is 0. The maximum Gasteiger partial charge on any atom is 0.253 e.